The first kappa shape index (κ1) is 9.82. The molecule has 0 aliphatic heterocycles. The van der Waals surface area contributed by atoms with E-state index < -0.39 is 0 Å². The summed E-state index contributed by atoms with van der Waals surface area (Å²) in [5.74, 6) is 0. The Morgan fingerprint density at radius 2 is 2.31 bits per heavy atom. The molecule has 13 heavy (non-hydrogen) atoms. The number of thiol groups is 1. The number of nitriles is 1. The van der Waals surface area contributed by atoms with Gasteiger partial charge in [-0.15, -0.1) is 12.6 Å². The molecule has 1 aromatic carbocycles. The van der Waals surface area contributed by atoms with Gasteiger partial charge in [0, 0.05) is 16.9 Å². The summed E-state index contributed by atoms with van der Waals surface area (Å²) >= 11 is 4.23. The number of carbonyl (C=O) groups excluding carboxylic acids is 1. The molecular formula is C10H9NOS. The Balaban J connectivity index is 2.86. The highest BCUT2D eigenvalue weighted by Gasteiger charge is 1.99. The first-order chi connectivity index (χ1) is 6.27. The minimum absolute atomic E-state index is 0.480. The molecule has 66 valence electrons. The molecule has 0 radical (unpaired) electrons. The van der Waals surface area contributed by atoms with Crippen LogP contribution in [-0.2, 0) is 6.42 Å². The lowest BCUT2D eigenvalue weighted by Gasteiger charge is -2.02. The molecule has 0 saturated carbocycles. The summed E-state index contributed by atoms with van der Waals surface area (Å²) in [6.07, 6.45) is 1.95. The highest BCUT2D eigenvalue weighted by Crippen LogP contribution is 2.16. The maximum absolute atomic E-state index is 10.4. The van der Waals surface area contributed by atoms with E-state index in [1.54, 1.807) is 12.1 Å². The third-order valence-electron chi connectivity index (χ3n) is 1.75. The molecule has 0 N–H and O–H groups in total. The van der Waals surface area contributed by atoms with Gasteiger partial charge in [0.2, 0.25) is 0 Å². The van der Waals surface area contributed by atoms with E-state index in [2.05, 4.69) is 18.7 Å². The highest BCUT2D eigenvalue weighted by atomic mass is 32.1. The number of benzene rings is 1. The molecule has 0 atom stereocenters. The maximum Gasteiger partial charge on any atom is 0.150 e. The fourth-order valence-corrected chi connectivity index (χ4v) is 1.39. The molecule has 0 saturated heterocycles. The molecule has 0 fully saturated rings. The summed E-state index contributed by atoms with van der Waals surface area (Å²) < 4.78 is 0. The summed E-state index contributed by atoms with van der Waals surface area (Å²) in [6.45, 7) is 0. The second-order valence-electron chi connectivity index (χ2n) is 2.66. The smallest absolute Gasteiger partial charge is 0.150 e. The lowest BCUT2D eigenvalue weighted by Crippen LogP contribution is -1.88. The zero-order valence-corrected chi connectivity index (χ0v) is 7.92. The van der Waals surface area contributed by atoms with Gasteiger partial charge in [-0.1, -0.05) is 12.1 Å². The molecule has 0 amide bonds. The third kappa shape index (κ3) is 2.60. The fourth-order valence-electron chi connectivity index (χ4n) is 1.06. The topological polar surface area (TPSA) is 40.9 Å². The molecule has 0 aromatic heterocycles. The van der Waals surface area contributed by atoms with Crippen molar-refractivity contribution in [3.8, 4) is 6.07 Å². The molecule has 0 bridgehead atoms. The number of aldehydes is 1. The van der Waals surface area contributed by atoms with Crippen molar-refractivity contribution >= 4 is 18.9 Å². The maximum atomic E-state index is 10.4. The Kier molecular flexibility index (Phi) is 3.53. The van der Waals surface area contributed by atoms with Crippen LogP contribution in [0.2, 0.25) is 0 Å². The molecule has 0 unspecified atom stereocenters. The van der Waals surface area contributed by atoms with Crippen LogP contribution in [0, 0.1) is 11.3 Å². The normalized spacial score (nSPS) is 9.23. The van der Waals surface area contributed by atoms with Crippen molar-refractivity contribution in [2.45, 2.75) is 17.7 Å². The Hall–Kier alpha value is -1.27. The number of nitrogens with zero attached hydrogens (tertiary/aromatic N) is 1. The van der Waals surface area contributed by atoms with Crippen molar-refractivity contribution in [2.24, 2.45) is 0 Å². The molecule has 0 aliphatic carbocycles. The van der Waals surface area contributed by atoms with Crippen LogP contribution in [0.5, 0.6) is 0 Å². The zero-order valence-electron chi connectivity index (χ0n) is 7.03. The largest absolute Gasteiger partial charge is 0.298 e. The lowest BCUT2D eigenvalue weighted by molar-refractivity contribution is 0.112. The Morgan fingerprint density at radius 1 is 1.54 bits per heavy atom. The second kappa shape index (κ2) is 4.68. The quantitative estimate of drug-likeness (QED) is 0.588. The van der Waals surface area contributed by atoms with E-state index in [-0.39, 0.29) is 0 Å². The van der Waals surface area contributed by atoms with E-state index in [1.807, 2.05) is 6.07 Å². The Bertz CT molecular complexity index is 354. The van der Waals surface area contributed by atoms with Crippen LogP contribution in [0.15, 0.2) is 23.1 Å². The van der Waals surface area contributed by atoms with Crippen LogP contribution in [0.3, 0.4) is 0 Å². The summed E-state index contributed by atoms with van der Waals surface area (Å²) in [5, 5.41) is 8.39. The van der Waals surface area contributed by atoms with Gasteiger partial charge in [-0.05, 0) is 18.1 Å². The van der Waals surface area contributed by atoms with E-state index in [0.29, 0.717) is 18.4 Å². The van der Waals surface area contributed by atoms with Crippen molar-refractivity contribution in [3.63, 3.8) is 0 Å². The average molecular weight is 191 g/mol. The number of aryl methyl sites for hydroxylation is 1. The standard InChI is InChI=1S/C10H9NOS/c11-5-1-2-9-4-3-8(7-12)6-10(9)13/h3-4,6-7,13H,1-2H2. The number of hydrogen-bond acceptors (Lipinski definition) is 3. The van der Waals surface area contributed by atoms with Crippen molar-refractivity contribution < 1.29 is 4.79 Å². The number of hydrogen-bond donors (Lipinski definition) is 1. The lowest BCUT2D eigenvalue weighted by atomic mass is 10.1. The van der Waals surface area contributed by atoms with E-state index in [1.165, 1.54) is 0 Å². The van der Waals surface area contributed by atoms with Crippen LogP contribution < -0.4 is 0 Å². The van der Waals surface area contributed by atoms with Gasteiger partial charge in [0.05, 0.1) is 6.07 Å². The van der Waals surface area contributed by atoms with Crippen molar-refractivity contribution in [1.29, 1.82) is 5.26 Å². The van der Waals surface area contributed by atoms with Crippen molar-refractivity contribution in [3.05, 3.63) is 29.3 Å². The molecule has 1 rings (SSSR count). The van der Waals surface area contributed by atoms with Crippen LogP contribution in [0.4, 0.5) is 0 Å². The predicted molar refractivity (Wildman–Crippen MR) is 53.0 cm³/mol. The molecule has 0 aliphatic rings. The molecular weight excluding hydrogens is 182 g/mol. The predicted octanol–water partition coefficient (Wildman–Crippen LogP) is 2.24. The van der Waals surface area contributed by atoms with E-state index in [0.717, 1.165) is 16.7 Å². The van der Waals surface area contributed by atoms with E-state index >= 15 is 0 Å². The SMILES string of the molecule is N#CCCc1ccc(C=O)cc1S. The van der Waals surface area contributed by atoms with Crippen LogP contribution in [0.25, 0.3) is 0 Å². The average Bonchev–Trinajstić information content (AvgIpc) is 2.16. The highest BCUT2D eigenvalue weighted by molar-refractivity contribution is 7.80. The van der Waals surface area contributed by atoms with Crippen molar-refractivity contribution in [1.82, 2.24) is 0 Å². The summed E-state index contributed by atoms with van der Waals surface area (Å²) in [7, 11) is 0. The van der Waals surface area contributed by atoms with Gasteiger partial charge in [-0.25, -0.2) is 0 Å². The molecule has 0 spiro atoms. The van der Waals surface area contributed by atoms with Gasteiger partial charge < -0.3 is 0 Å². The molecule has 0 heterocycles. The minimum atomic E-state index is 0.480. The number of rotatable bonds is 3. The van der Waals surface area contributed by atoms with Gasteiger partial charge in [0.25, 0.3) is 0 Å². The zero-order chi connectivity index (χ0) is 9.68. The van der Waals surface area contributed by atoms with Crippen LogP contribution in [0.1, 0.15) is 22.3 Å². The van der Waals surface area contributed by atoms with E-state index in [4.69, 9.17) is 5.26 Å². The summed E-state index contributed by atoms with van der Waals surface area (Å²) in [6, 6.07) is 7.35. The van der Waals surface area contributed by atoms with Gasteiger partial charge in [-0.3, -0.25) is 4.79 Å². The molecule has 2 nitrogen and oxygen atoms in total. The van der Waals surface area contributed by atoms with Crippen LogP contribution >= 0.6 is 12.6 Å². The first-order valence-corrected chi connectivity index (χ1v) is 4.36. The fraction of sp³-hybridized carbons (Fsp3) is 0.200. The Morgan fingerprint density at radius 3 is 2.85 bits per heavy atom. The van der Waals surface area contributed by atoms with Gasteiger partial charge in [-0.2, -0.15) is 5.26 Å². The molecule has 3 heteroatoms. The van der Waals surface area contributed by atoms with Gasteiger partial charge in [0.1, 0.15) is 6.29 Å². The summed E-state index contributed by atoms with van der Waals surface area (Å²) in [5.41, 5.74) is 1.63. The monoisotopic (exact) mass is 191 g/mol. The second-order valence-corrected chi connectivity index (χ2v) is 3.15. The minimum Gasteiger partial charge on any atom is -0.298 e. The van der Waals surface area contributed by atoms with E-state index in [9.17, 15) is 4.79 Å². The summed E-state index contributed by atoms with van der Waals surface area (Å²) in [4.78, 5) is 11.2. The van der Waals surface area contributed by atoms with Gasteiger partial charge >= 0.3 is 0 Å². The molecule has 1 aromatic rings. The third-order valence-corrected chi connectivity index (χ3v) is 2.17. The number of carbonyl (C=O) groups is 1. The van der Waals surface area contributed by atoms with Crippen LogP contribution in [-0.4, -0.2) is 6.29 Å². The first-order valence-electron chi connectivity index (χ1n) is 3.92. The van der Waals surface area contributed by atoms with Gasteiger partial charge in [0.15, 0.2) is 0 Å². The van der Waals surface area contributed by atoms with Crippen molar-refractivity contribution in [2.75, 3.05) is 0 Å². The Labute approximate surface area is 82.6 Å².